The molecule has 34 heavy (non-hydrogen) atoms. The number of aryl methyl sites for hydroxylation is 1. The van der Waals surface area contributed by atoms with Gasteiger partial charge in [-0.15, -0.1) is 0 Å². The standard InChI is InChI=1S/C16H26N2O14P2/c1-7-5-18(16(23)17-15(7)22)12-3-9(19)11(30-12)6-28-33(24,25)32-34(26,27)31-13-4-10(20)14(21)8(2)29-13/h5,8-14,19-21H,3-4,6H2,1-2H3,(H,24,25)(H,26,27)(H,17,22,23)/t8-,9-,10+,11+,12+,13+,14-/m0/s1. The number of nitrogens with zero attached hydrogens (tertiary/aromatic N) is 1. The molecule has 6 N–H and O–H groups in total. The summed E-state index contributed by atoms with van der Waals surface area (Å²) in [7, 11) is -10.5. The number of aromatic amines is 1. The fourth-order valence-electron chi connectivity index (χ4n) is 3.42. The SMILES string of the molecule is Cc1cn([C@H]2C[C@H](O)[C@@H](COP(=O)(O)OP(=O)(O)O[C@@H]3C[C@@H](O)[C@@H](O)[C@H](C)O3)O2)c(=O)[nH]c1=O. The molecular weight excluding hydrogens is 506 g/mol. The van der Waals surface area contributed by atoms with E-state index in [0.29, 0.717) is 0 Å². The summed E-state index contributed by atoms with van der Waals surface area (Å²) in [6, 6.07) is 0. The first-order chi connectivity index (χ1) is 15.7. The lowest BCUT2D eigenvalue weighted by atomic mass is 10.0. The number of hydrogen-bond acceptors (Lipinski definition) is 12. The quantitative estimate of drug-likeness (QED) is 0.211. The molecular formula is C16H26N2O14P2. The predicted octanol–water partition coefficient (Wildman–Crippen LogP) is -1.40. The average Bonchev–Trinajstić information content (AvgIpc) is 3.06. The summed E-state index contributed by atoms with van der Waals surface area (Å²) >= 11 is 0. The number of ether oxygens (including phenoxy) is 2. The molecule has 3 heterocycles. The molecule has 1 aromatic rings. The maximum atomic E-state index is 12.1. The van der Waals surface area contributed by atoms with Crippen LogP contribution < -0.4 is 11.2 Å². The van der Waals surface area contributed by atoms with Crippen molar-refractivity contribution < 1.29 is 57.1 Å². The Morgan fingerprint density at radius 3 is 2.44 bits per heavy atom. The van der Waals surface area contributed by atoms with E-state index in [4.69, 9.17) is 9.47 Å². The Labute approximate surface area is 191 Å². The average molecular weight is 532 g/mol. The van der Waals surface area contributed by atoms with Crippen molar-refractivity contribution in [2.75, 3.05) is 6.61 Å². The van der Waals surface area contributed by atoms with Gasteiger partial charge in [0.1, 0.15) is 18.4 Å². The molecule has 0 amide bonds. The van der Waals surface area contributed by atoms with Gasteiger partial charge in [-0.3, -0.25) is 23.4 Å². The van der Waals surface area contributed by atoms with Gasteiger partial charge >= 0.3 is 21.3 Å². The molecule has 2 fully saturated rings. The second kappa shape index (κ2) is 10.4. The number of aromatic nitrogens is 2. The van der Waals surface area contributed by atoms with Crippen molar-refractivity contribution in [3.05, 3.63) is 32.6 Å². The predicted molar refractivity (Wildman–Crippen MR) is 109 cm³/mol. The highest BCUT2D eigenvalue weighted by Crippen LogP contribution is 2.61. The van der Waals surface area contributed by atoms with Gasteiger partial charge < -0.3 is 34.6 Å². The number of H-pyrrole nitrogens is 1. The van der Waals surface area contributed by atoms with Crippen molar-refractivity contribution >= 4 is 15.6 Å². The molecule has 194 valence electrons. The zero-order chi connectivity index (χ0) is 25.4. The van der Waals surface area contributed by atoms with Crippen molar-refractivity contribution in [3.8, 4) is 0 Å². The molecule has 2 unspecified atom stereocenters. The van der Waals surface area contributed by atoms with Crippen molar-refractivity contribution in [1.82, 2.24) is 9.55 Å². The summed E-state index contributed by atoms with van der Waals surface area (Å²) in [6.07, 6.45) is -7.90. The lowest BCUT2D eigenvalue weighted by molar-refractivity contribution is -0.220. The van der Waals surface area contributed by atoms with Crippen LogP contribution in [0.1, 0.15) is 31.6 Å². The van der Waals surface area contributed by atoms with E-state index in [-0.39, 0.29) is 12.0 Å². The van der Waals surface area contributed by atoms with Crippen LogP contribution in [-0.2, 0) is 32.0 Å². The lowest BCUT2D eigenvalue weighted by Gasteiger charge is -2.35. The van der Waals surface area contributed by atoms with Crippen molar-refractivity contribution in [1.29, 1.82) is 0 Å². The van der Waals surface area contributed by atoms with E-state index >= 15 is 0 Å². The van der Waals surface area contributed by atoms with E-state index < -0.39 is 83.0 Å². The monoisotopic (exact) mass is 532 g/mol. The van der Waals surface area contributed by atoms with Crippen molar-refractivity contribution in [2.24, 2.45) is 0 Å². The molecule has 3 rings (SSSR count). The van der Waals surface area contributed by atoms with Gasteiger partial charge in [0.25, 0.3) is 5.56 Å². The second-order valence-corrected chi connectivity index (χ2v) is 10.9. The zero-order valence-corrected chi connectivity index (χ0v) is 19.8. The molecule has 2 aliphatic heterocycles. The highest BCUT2D eigenvalue weighted by molar-refractivity contribution is 7.61. The van der Waals surface area contributed by atoms with Crippen LogP contribution in [0.2, 0.25) is 0 Å². The Morgan fingerprint density at radius 1 is 1.12 bits per heavy atom. The van der Waals surface area contributed by atoms with Crippen LogP contribution in [-0.4, -0.2) is 78.1 Å². The Balaban J connectivity index is 1.56. The van der Waals surface area contributed by atoms with E-state index in [9.17, 15) is 43.8 Å². The van der Waals surface area contributed by atoms with Gasteiger partial charge in [-0.25, -0.2) is 13.9 Å². The highest BCUT2D eigenvalue weighted by atomic mass is 31.3. The topological polar surface area (TPSA) is 236 Å². The van der Waals surface area contributed by atoms with Gasteiger partial charge in [-0.2, -0.15) is 4.31 Å². The molecule has 0 aromatic carbocycles. The second-order valence-electron chi connectivity index (χ2n) is 7.90. The Morgan fingerprint density at radius 2 is 1.79 bits per heavy atom. The third-order valence-electron chi connectivity index (χ3n) is 5.19. The Kier molecular flexibility index (Phi) is 8.35. The van der Waals surface area contributed by atoms with Gasteiger partial charge in [0.15, 0.2) is 6.29 Å². The van der Waals surface area contributed by atoms with Crippen LogP contribution in [0.4, 0.5) is 0 Å². The number of rotatable bonds is 8. The smallest absolute Gasteiger partial charge is 0.390 e. The molecule has 16 nitrogen and oxygen atoms in total. The molecule has 1 aromatic heterocycles. The highest BCUT2D eigenvalue weighted by Gasteiger charge is 2.43. The number of nitrogens with one attached hydrogen (secondary N) is 1. The first kappa shape index (κ1) is 27.3. The summed E-state index contributed by atoms with van der Waals surface area (Å²) in [4.78, 5) is 45.1. The number of hydrogen-bond donors (Lipinski definition) is 6. The normalized spacial score (nSPS) is 35.6. The lowest BCUT2D eigenvalue weighted by Crippen LogP contribution is -2.47. The van der Waals surface area contributed by atoms with E-state index in [0.717, 1.165) is 4.57 Å². The maximum absolute atomic E-state index is 12.1. The third kappa shape index (κ3) is 6.69. The first-order valence-corrected chi connectivity index (χ1v) is 13.0. The number of phosphoric ester groups is 2. The Hall–Kier alpha value is -1.26. The number of phosphoric acid groups is 2. The van der Waals surface area contributed by atoms with E-state index in [1.807, 2.05) is 0 Å². The summed E-state index contributed by atoms with van der Waals surface area (Å²) in [5, 5.41) is 29.5. The molecule has 0 radical (unpaired) electrons. The van der Waals surface area contributed by atoms with Gasteiger partial charge in [0.05, 0.1) is 24.9 Å². The summed E-state index contributed by atoms with van der Waals surface area (Å²) in [6.45, 7) is 2.05. The molecule has 0 bridgehead atoms. The van der Waals surface area contributed by atoms with E-state index in [2.05, 4.69) is 18.3 Å². The van der Waals surface area contributed by atoms with Crippen molar-refractivity contribution in [3.63, 3.8) is 0 Å². The Bertz CT molecular complexity index is 1080. The number of aliphatic hydroxyl groups excluding tert-OH is 3. The van der Waals surface area contributed by atoms with Gasteiger partial charge in [0.2, 0.25) is 0 Å². The van der Waals surface area contributed by atoms with Crippen LogP contribution in [0.5, 0.6) is 0 Å². The minimum absolute atomic E-state index is 0.122. The van der Waals surface area contributed by atoms with Crippen LogP contribution >= 0.6 is 15.6 Å². The summed E-state index contributed by atoms with van der Waals surface area (Å²) in [5.74, 6) is 0. The maximum Gasteiger partial charge on any atom is 0.483 e. The largest absolute Gasteiger partial charge is 0.483 e. The van der Waals surface area contributed by atoms with Gasteiger partial charge in [-0.05, 0) is 13.8 Å². The van der Waals surface area contributed by atoms with Gasteiger partial charge in [0, 0.05) is 24.6 Å². The summed E-state index contributed by atoms with van der Waals surface area (Å²) in [5.41, 5.74) is -1.17. The molecule has 2 saturated heterocycles. The van der Waals surface area contributed by atoms with Crippen LogP contribution in [0.25, 0.3) is 0 Å². The first-order valence-electron chi connectivity index (χ1n) is 10.0. The van der Waals surface area contributed by atoms with Crippen LogP contribution in [0.15, 0.2) is 15.8 Å². The molecule has 18 heteroatoms. The number of aliphatic hydroxyl groups is 3. The summed E-state index contributed by atoms with van der Waals surface area (Å²) < 4.78 is 49.3. The minimum atomic E-state index is -5.25. The van der Waals surface area contributed by atoms with Crippen molar-refractivity contribution in [2.45, 2.75) is 69.7 Å². The van der Waals surface area contributed by atoms with Gasteiger partial charge in [-0.1, -0.05) is 0 Å². The third-order valence-corrected chi connectivity index (χ3v) is 7.82. The minimum Gasteiger partial charge on any atom is -0.390 e. The fraction of sp³-hybridized carbons (Fsp3) is 0.750. The molecule has 9 atom stereocenters. The molecule has 0 aliphatic carbocycles. The van der Waals surface area contributed by atoms with E-state index in [1.54, 1.807) is 0 Å². The van der Waals surface area contributed by atoms with Crippen LogP contribution in [0, 0.1) is 6.92 Å². The fourth-order valence-corrected chi connectivity index (χ4v) is 5.57. The van der Waals surface area contributed by atoms with Crippen LogP contribution in [0.3, 0.4) is 0 Å². The molecule has 2 aliphatic rings. The zero-order valence-electron chi connectivity index (χ0n) is 18.0. The van der Waals surface area contributed by atoms with E-state index in [1.165, 1.54) is 20.0 Å². The molecule has 0 spiro atoms. The molecule has 0 saturated carbocycles.